The van der Waals surface area contributed by atoms with Gasteiger partial charge in [-0.2, -0.15) is 0 Å². The van der Waals surface area contributed by atoms with E-state index in [1.165, 1.54) is 12.1 Å². The molecule has 1 aromatic rings. The van der Waals surface area contributed by atoms with E-state index in [-0.39, 0.29) is 11.3 Å². The summed E-state index contributed by atoms with van der Waals surface area (Å²) in [5, 5.41) is 10.7. The molecule has 5 nitrogen and oxygen atoms in total. The van der Waals surface area contributed by atoms with Gasteiger partial charge in [0.2, 0.25) is 5.91 Å². The first kappa shape index (κ1) is 12.8. The Morgan fingerprint density at radius 2 is 2.00 bits per heavy atom. The first-order valence-electron chi connectivity index (χ1n) is 4.73. The Morgan fingerprint density at radius 1 is 1.35 bits per heavy atom. The largest absolute Gasteiger partial charge is 0.481 e. The number of carbonyl (C=O) groups excluding carboxylic acids is 2. The molecule has 0 aliphatic rings. The number of nitrogens with one attached hydrogen (secondary N) is 1. The summed E-state index contributed by atoms with van der Waals surface area (Å²) in [7, 11) is 0. The molecule has 6 heteroatoms. The van der Waals surface area contributed by atoms with Crippen LogP contribution in [-0.4, -0.2) is 22.8 Å². The van der Waals surface area contributed by atoms with E-state index in [0.29, 0.717) is 0 Å². The Kier molecular flexibility index (Phi) is 3.92. The number of para-hydroxylation sites is 1. The van der Waals surface area contributed by atoms with Gasteiger partial charge in [-0.1, -0.05) is 6.07 Å². The maximum absolute atomic E-state index is 13.4. The normalized spacial score (nSPS) is 9.76. The van der Waals surface area contributed by atoms with Crippen molar-refractivity contribution < 1.29 is 23.9 Å². The number of carboxylic acids is 1. The van der Waals surface area contributed by atoms with Crippen LogP contribution < -0.4 is 5.32 Å². The molecule has 0 saturated heterocycles. The summed E-state index contributed by atoms with van der Waals surface area (Å²) in [4.78, 5) is 32.8. The van der Waals surface area contributed by atoms with Crippen LogP contribution in [0.15, 0.2) is 18.2 Å². The molecule has 1 aromatic carbocycles. The van der Waals surface area contributed by atoms with Gasteiger partial charge in [0.15, 0.2) is 5.78 Å². The number of ketones is 1. The fraction of sp³-hybridized carbons (Fsp3) is 0.182. The van der Waals surface area contributed by atoms with Crippen molar-refractivity contribution in [3.63, 3.8) is 0 Å². The van der Waals surface area contributed by atoms with Crippen molar-refractivity contribution in [2.24, 2.45) is 0 Å². The first-order valence-corrected chi connectivity index (χ1v) is 4.73. The number of aliphatic carboxylic acids is 1. The number of benzene rings is 1. The molecule has 90 valence electrons. The Morgan fingerprint density at radius 3 is 2.53 bits per heavy atom. The average molecular weight is 239 g/mol. The predicted molar refractivity (Wildman–Crippen MR) is 57.3 cm³/mol. The van der Waals surface area contributed by atoms with Crippen molar-refractivity contribution in [1.82, 2.24) is 0 Å². The molecular weight excluding hydrogens is 229 g/mol. The second-order valence-corrected chi connectivity index (χ2v) is 3.34. The molecule has 0 atom stereocenters. The van der Waals surface area contributed by atoms with Crippen LogP contribution in [0.3, 0.4) is 0 Å². The number of hydrogen-bond acceptors (Lipinski definition) is 3. The lowest BCUT2D eigenvalue weighted by molar-refractivity contribution is -0.135. The fourth-order valence-corrected chi connectivity index (χ4v) is 1.29. The van der Waals surface area contributed by atoms with E-state index in [0.717, 1.165) is 13.0 Å². The van der Waals surface area contributed by atoms with Gasteiger partial charge in [0.25, 0.3) is 0 Å². The number of amides is 1. The van der Waals surface area contributed by atoms with Crippen molar-refractivity contribution in [3.05, 3.63) is 29.6 Å². The van der Waals surface area contributed by atoms with Crippen molar-refractivity contribution in [3.8, 4) is 0 Å². The van der Waals surface area contributed by atoms with Crippen LogP contribution in [0.2, 0.25) is 0 Å². The molecule has 17 heavy (non-hydrogen) atoms. The maximum Gasteiger partial charge on any atom is 0.311 e. The van der Waals surface area contributed by atoms with Gasteiger partial charge in [-0.15, -0.1) is 0 Å². The van der Waals surface area contributed by atoms with E-state index in [2.05, 4.69) is 5.32 Å². The summed E-state index contributed by atoms with van der Waals surface area (Å²) >= 11 is 0. The van der Waals surface area contributed by atoms with Crippen LogP contribution in [0.4, 0.5) is 10.1 Å². The first-order chi connectivity index (χ1) is 7.91. The van der Waals surface area contributed by atoms with Crippen LogP contribution in [-0.2, 0) is 9.59 Å². The standard InChI is InChI=1S/C11H10FNO4/c1-6(14)13-11-7(3-2-4-8(11)12)9(15)5-10(16)17/h2-4H,5H2,1H3,(H,13,14)(H,16,17). The Bertz CT molecular complexity index is 484. The van der Waals surface area contributed by atoms with Crippen LogP contribution in [0.5, 0.6) is 0 Å². The number of rotatable bonds is 4. The molecule has 0 heterocycles. The van der Waals surface area contributed by atoms with E-state index in [1.807, 2.05) is 0 Å². The van der Waals surface area contributed by atoms with Crippen LogP contribution in [0.25, 0.3) is 0 Å². The van der Waals surface area contributed by atoms with Crippen molar-refractivity contribution >= 4 is 23.3 Å². The third-order valence-electron chi connectivity index (χ3n) is 1.93. The van der Waals surface area contributed by atoms with E-state index < -0.39 is 29.9 Å². The molecule has 0 aliphatic carbocycles. The van der Waals surface area contributed by atoms with Crippen molar-refractivity contribution in [1.29, 1.82) is 0 Å². The zero-order chi connectivity index (χ0) is 13.0. The van der Waals surface area contributed by atoms with Gasteiger partial charge in [-0.05, 0) is 12.1 Å². The molecule has 2 N–H and O–H groups in total. The number of carbonyl (C=O) groups is 3. The summed E-state index contributed by atoms with van der Waals surface area (Å²) < 4.78 is 13.4. The van der Waals surface area contributed by atoms with Gasteiger partial charge in [-0.25, -0.2) is 4.39 Å². The number of hydrogen-bond donors (Lipinski definition) is 2. The number of halogens is 1. The molecule has 0 saturated carbocycles. The third-order valence-corrected chi connectivity index (χ3v) is 1.93. The number of Topliss-reactive ketones (excluding diaryl/α,β-unsaturated/α-hetero) is 1. The molecule has 0 aliphatic heterocycles. The minimum absolute atomic E-state index is 0.150. The monoisotopic (exact) mass is 239 g/mol. The van der Waals surface area contributed by atoms with Gasteiger partial charge in [0.1, 0.15) is 12.2 Å². The van der Waals surface area contributed by atoms with Gasteiger partial charge >= 0.3 is 5.97 Å². The predicted octanol–water partition coefficient (Wildman–Crippen LogP) is 1.44. The summed E-state index contributed by atoms with van der Waals surface area (Å²) in [5.74, 6) is -3.40. The minimum atomic E-state index is -1.31. The van der Waals surface area contributed by atoms with Crippen molar-refractivity contribution in [2.45, 2.75) is 13.3 Å². The second kappa shape index (κ2) is 5.20. The zero-order valence-corrected chi connectivity index (χ0v) is 8.99. The molecule has 0 fully saturated rings. The van der Waals surface area contributed by atoms with Crippen LogP contribution >= 0.6 is 0 Å². The highest BCUT2D eigenvalue weighted by Gasteiger charge is 2.18. The smallest absolute Gasteiger partial charge is 0.311 e. The fourth-order valence-electron chi connectivity index (χ4n) is 1.29. The summed E-state index contributed by atoms with van der Waals surface area (Å²) in [6, 6.07) is 3.61. The number of anilines is 1. The molecule has 0 spiro atoms. The van der Waals surface area contributed by atoms with Crippen LogP contribution in [0.1, 0.15) is 23.7 Å². The molecule has 1 rings (SSSR count). The quantitative estimate of drug-likeness (QED) is 0.615. The lowest BCUT2D eigenvalue weighted by atomic mass is 10.1. The van der Waals surface area contributed by atoms with Gasteiger partial charge in [0, 0.05) is 12.5 Å². The van der Waals surface area contributed by atoms with E-state index >= 15 is 0 Å². The SMILES string of the molecule is CC(=O)Nc1c(F)cccc1C(=O)CC(=O)O. The van der Waals surface area contributed by atoms with Crippen molar-refractivity contribution in [2.75, 3.05) is 5.32 Å². The van der Waals surface area contributed by atoms with E-state index in [9.17, 15) is 18.8 Å². The second-order valence-electron chi connectivity index (χ2n) is 3.34. The molecule has 0 aromatic heterocycles. The topological polar surface area (TPSA) is 83.5 Å². The summed E-state index contributed by atoms with van der Waals surface area (Å²) in [6.45, 7) is 1.16. The highest BCUT2D eigenvalue weighted by molar-refractivity contribution is 6.10. The lowest BCUT2D eigenvalue weighted by Crippen LogP contribution is -2.14. The molecular formula is C11H10FNO4. The van der Waals surface area contributed by atoms with Crippen LogP contribution in [0, 0.1) is 5.82 Å². The van der Waals surface area contributed by atoms with E-state index in [4.69, 9.17) is 5.11 Å². The molecule has 0 bridgehead atoms. The Labute approximate surface area is 96.3 Å². The minimum Gasteiger partial charge on any atom is -0.481 e. The van der Waals surface area contributed by atoms with Gasteiger partial charge < -0.3 is 10.4 Å². The lowest BCUT2D eigenvalue weighted by Gasteiger charge is -2.09. The zero-order valence-electron chi connectivity index (χ0n) is 8.99. The third kappa shape index (κ3) is 3.37. The van der Waals surface area contributed by atoms with Gasteiger partial charge in [0.05, 0.1) is 5.69 Å². The summed E-state index contributed by atoms with van der Waals surface area (Å²) in [6.07, 6.45) is -0.754. The summed E-state index contributed by atoms with van der Waals surface area (Å²) in [5.41, 5.74) is -0.436. The maximum atomic E-state index is 13.4. The Hall–Kier alpha value is -2.24. The number of carboxylic acid groups (broad SMARTS) is 1. The highest BCUT2D eigenvalue weighted by atomic mass is 19.1. The highest BCUT2D eigenvalue weighted by Crippen LogP contribution is 2.21. The molecule has 1 amide bonds. The average Bonchev–Trinajstić information content (AvgIpc) is 2.19. The Balaban J connectivity index is 3.14. The van der Waals surface area contributed by atoms with Gasteiger partial charge in [-0.3, -0.25) is 14.4 Å². The molecule has 0 unspecified atom stereocenters. The molecule has 0 radical (unpaired) electrons. The van der Waals surface area contributed by atoms with E-state index in [1.54, 1.807) is 0 Å².